The van der Waals surface area contributed by atoms with Crippen LogP contribution in [0.2, 0.25) is 0 Å². The van der Waals surface area contributed by atoms with E-state index in [0.717, 1.165) is 11.3 Å². The van der Waals surface area contributed by atoms with Crippen LogP contribution in [0.25, 0.3) is 0 Å². The highest BCUT2D eigenvalue weighted by Crippen LogP contribution is 2.26. The highest BCUT2D eigenvalue weighted by molar-refractivity contribution is 7.12. The van der Waals surface area contributed by atoms with Gasteiger partial charge in [-0.15, -0.1) is 11.3 Å². The van der Waals surface area contributed by atoms with Crippen LogP contribution in [0.4, 0.5) is 0 Å². The first-order valence-corrected chi connectivity index (χ1v) is 5.18. The molecule has 0 radical (unpaired) electrons. The molecule has 0 aliphatic heterocycles. The highest BCUT2D eigenvalue weighted by atomic mass is 32.1. The van der Waals surface area contributed by atoms with Gasteiger partial charge in [-0.25, -0.2) is 4.79 Å². The van der Waals surface area contributed by atoms with Gasteiger partial charge in [0.05, 0.1) is 0 Å². The van der Waals surface area contributed by atoms with Crippen LogP contribution in [0.5, 0.6) is 11.5 Å². The van der Waals surface area contributed by atoms with Crippen molar-refractivity contribution in [2.45, 2.75) is 0 Å². The molecule has 2 rings (SSSR count). The van der Waals surface area contributed by atoms with Gasteiger partial charge in [-0.2, -0.15) is 0 Å². The zero-order chi connectivity index (χ0) is 10.7. The van der Waals surface area contributed by atoms with Gasteiger partial charge in [-0.05, 0) is 12.1 Å². The summed E-state index contributed by atoms with van der Waals surface area (Å²) in [6.07, 6.45) is 0. The van der Waals surface area contributed by atoms with Crippen molar-refractivity contribution < 1.29 is 14.6 Å². The second kappa shape index (κ2) is 4.14. The lowest BCUT2D eigenvalue weighted by Gasteiger charge is -2.00. The Labute approximate surface area is 90.6 Å². The summed E-state index contributed by atoms with van der Waals surface area (Å²) in [5.74, 6) is 0.332. The van der Waals surface area contributed by atoms with Crippen LogP contribution in [0.3, 0.4) is 0 Å². The molecular formula is C11H8O3S. The third-order valence-corrected chi connectivity index (χ3v) is 2.66. The van der Waals surface area contributed by atoms with E-state index in [2.05, 4.69) is 0 Å². The minimum atomic E-state index is -0.928. The molecule has 3 nitrogen and oxygen atoms in total. The van der Waals surface area contributed by atoms with Gasteiger partial charge in [-0.1, -0.05) is 18.2 Å². The number of para-hydroxylation sites is 1. The van der Waals surface area contributed by atoms with Gasteiger partial charge in [0, 0.05) is 11.4 Å². The molecule has 0 spiro atoms. The molecule has 0 saturated carbocycles. The van der Waals surface area contributed by atoms with E-state index in [4.69, 9.17) is 9.84 Å². The largest absolute Gasteiger partial charge is 0.477 e. The third kappa shape index (κ3) is 2.35. The van der Waals surface area contributed by atoms with E-state index >= 15 is 0 Å². The molecule has 0 bridgehead atoms. The Balaban J connectivity index is 2.15. The fraction of sp³-hybridized carbons (Fsp3) is 0. The van der Waals surface area contributed by atoms with Gasteiger partial charge in [-0.3, -0.25) is 0 Å². The van der Waals surface area contributed by atoms with Gasteiger partial charge >= 0.3 is 5.97 Å². The van der Waals surface area contributed by atoms with Crippen molar-refractivity contribution in [3.05, 3.63) is 46.7 Å². The maximum atomic E-state index is 10.6. The lowest BCUT2D eigenvalue weighted by molar-refractivity contribution is 0.0702. The number of ether oxygens (including phenoxy) is 1. The van der Waals surface area contributed by atoms with Crippen molar-refractivity contribution in [3.8, 4) is 11.5 Å². The summed E-state index contributed by atoms with van der Waals surface area (Å²) in [5, 5.41) is 10.4. The Hall–Kier alpha value is -1.81. The molecule has 1 heterocycles. The third-order valence-electron chi connectivity index (χ3n) is 1.77. The average molecular weight is 220 g/mol. The Kier molecular flexibility index (Phi) is 2.69. The topological polar surface area (TPSA) is 46.5 Å². The molecule has 15 heavy (non-hydrogen) atoms. The van der Waals surface area contributed by atoms with E-state index in [1.807, 2.05) is 30.3 Å². The van der Waals surface area contributed by atoms with Gasteiger partial charge in [0.15, 0.2) is 0 Å². The van der Waals surface area contributed by atoms with Crippen molar-refractivity contribution in [2.24, 2.45) is 0 Å². The van der Waals surface area contributed by atoms with E-state index in [9.17, 15) is 4.79 Å². The minimum Gasteiger partial charge on any atom is -0.477 e. The lowest BCUT2D eigenvalue weighted by atomic mass is 10.3. The molecule has 0 fully saturated rings. The SMILES string of the molecule is O=C(O)c1cc(Oc2ccccc2)cs1. The molecule has 76 valence electrons. The second-order valence-corrected chi connectivity index (χ2v) is 3.78. The highest BCUT2D eigenvalue weighted by Gasteiger charge is 2.07. The molecule has 1 aromatic heterocycles. The Morgan fingerprint density at radius 3 is 2.53 bits per heavy atom. The molecule has 0 aliphatic carbocycles. The number of aromatic carboxylic acids is 1. The Morgan fingerprint density at radius 1 is 1.20 bits per heavy atom. The fourth-order valence-electron chi connectivity index (χ4n) is 1.11. The first-order valence-electron chi connectivity index (χ1n) is 4.30. The predicted molar refractivity (Wildman–Crippen MR) is 57.8 cm³/mol. The smallest absolute Gasteiger partial charge is 0.346 e. The normalized spacial score (nSPS) is 9.87. The predicted octanol–water partition coefficient (Wildman–Crippen LogP) is 3.24. The van der Waals surface area contributed by atoms with E-state index < -0.39 is 5.97 Å². The van der Waals surface area contributed by atoms with Crippen LogP contribution < -0.4 is 4.74 Å². The number of rotatable bonds is 3. The summed E-state index contributed by atoms with van der Waals surface area (Å²) in [6, 6.07) is 10.8. The van der Waals surface area contributed by atoms with Crippen LogP contribution in [0, 0.1) is 0 Å². The zero-order valence-corrected chi connectivity index (χ0v) is 8.53. The number of hydrogen-bond acceptors (Lipinski definition) is 3. The molecule has 1 N–H and O–H groups in total. The van der Waals surface area contributed by atoms with Crippen molar-refractivity contribution in [1.29, 1.82) is 0 Å². The minimum absolute atomic E-state index is 0.279. The summed E-state index contributed by atoms with van der Waals surface area (Å²) in [5.41, 5.74) is 0. The van der Waals surface area contributed by atoms with Gasteiger partial charge < -0.3 is 9.84 Å². The summed E-state index contributed by atoms with van der Waals surface area (Å²) < 4.78 is 5.46. The van der Waals surface area contributed by atoms with Crippen LogP contribution in [0.1, 0.15) is 9.67 Å². The Bertz CT molecular complexity index is 462. The summed E-state index contributed by atoms with van der Waals surface area (Å²) in [4.78, 5) is 10.9. The Morgan fingerprint density at radius 2 is 1.93 bits per heavy atom. The van der Waals surface area contributed by atoms with Crippen molar-refractivity contribution in [1.82, 2.24) is 0 Å². The summed E-state index contributed by atoms with van der Waals surface area (Å²) in [6.45, 7) is 0. The molecule has 2 aromatic rings. The molecule has 0 atom stereocenters. The van der Waals surface area contributed by atoms with Crippen LogP contribution >= 0.6 is 11.3 Å². The fourth-order valence-corrected chi connectivity index (χ4v) is 1.75. The molecule has 0 amide bonds. The lowest BCUT2D eigenvalue weighted by Crippen LogP contribution is -1.90. The number of hydrogen-bond donors (Lipinski definition) is 1. The number of benzene rings is 1. The monoisotopic (exact) mass is 220 g/mol. The van der Waals surface area contributed by atoms with Crippen molar-refractivity contribution in [2.75, 3.05) is 0 Å². The molecule has 0 unspecified atom stereocenters. The standard InChI is InChI=1S/C11H8O3S/c12-11(13)10-6-9(7-15-10)14-8-4-2-1-3-5-8/h1-7H,(H,12,13). The van der Waals surface area contributed by atoms with Crippen molar-refractivity contribution in [3.63, 3.8) is 0 Å². The van der Waals surface area contributed by atoms with Gasteiger partial charge in [0.2, 0.25) is 0 Å². The van der Waals surface area contributed by atoms with E-state index in [-0.39, 0.29) is 4.88 Å². The maximum Gasteiger partial charge on any atom is 0.346 e. The van der Waals surface area contributed by atoms with E-state index in [0.29, 0.717) is 11.5 Å². The number of carboxylic acid groups (broad SMARTS) is 1. The van der Waals surface area contributed by atoms with E-state index in [1.165, 1.54) is 6.07 Å². The molecule has 0 saturated heterocycles. The average Bonchev–Trinajstić information content (AvgIpc) is 2.68. The molecule has 0 aliphatic rings. The second-order valence-electron chi connectivity index (χ2n) is 2.87. The number of carbonyl (C=O) groups is 1. The quantitative estimate of drug-likeness (QED) is 0.863. The molecule has 1 aromatic carbocycles. The zero-order valence-electron chi connectivity index (χ0n) is 7.71. The van der Waals surface area contributed by atoms with Gasteiger partial charge in [0.25, 0.3) is 0 Å². The number of thiophene rings is 1. The van der Waals surface area contributed by atoms with E-state index in [1.54, 1.807) is 5.38 Å². The first-order chi connectivity index (χ1) is 7.25. The first kappa shape index (κ1) is 9.73. The number of carboxylic acids is 1. The van der Waals surface area contributed by atoms with Crippen LogP contribution in [-0.4, -0.2) is 11.1 Å². The van der Waals surface area contributed by atoms with Crippen molar-refractivity contribution >= 4 is 17.3 Å². The molecular weight excluding hydrogens is 212 g/mol. The maximum absolute atomic E-state index is 10.6. The summed E-state index contributed by atoms with van der Waals surface area (Å²) in [7, 11) is 0. The van der Waals surface area contributed by atoms with Gasteiger partial charge in [0.1, 0.15) is 16.4 Å². The summed E-state index contributed by atoms with van der Waals surface area (Å²) >= 11 is 1.15. The van der Waals surface area contributed by atoms with Crippen LogP contribution in [-0.2, 0) is 0 Å². The molecule has 4 heteroatoms. The van der Waals surface area contributed by atoms with Crippen LogP contribution in [0.15, 0.2) is 41.8 Å².